The van der Waals surface area contributed by atoms with Crippen molar-refractivity contribution >= 4 is 23.9 Å². The van der Waals surface area contributed by atoms with Crippen LogP contribution < -0.4 is 0 Å². The summed E-state index contributed by atoms with van der Waals surface area (Å²) in [4.78, 5) is 54.2. The van der Waals surface area contributed by atoms with Gasteiger partial charge in [0.2, 0.25) is 0 Å². The highest BCUT2D eigenvalue weighted by atomic mass is 16.8. The second-order valence-corrected chi connectivity index (χ2v) is 12.5. The van der Waals surface area contributed by atoms with Gasteiger partial charge in [0, 0.05) is 0 Å². The molecule has 6 rings (SSSR count). The van der Waals surface area contributed by atoms with Crippen LogP contribution in [0.5, 0.6) is 0 Å². The van der Waals surface area contributed by atoms with Gasteiger partial charge in [-0.3, -0.25) is 0 Å². The van der Waals surface area contributed by atoms with Crippen LogP contribution in [0.15, 0.2) is 121 Å². The first-order valence-corrected chi connectivity index (χ1v) is 17.3. The third kappa shape index (κ3) is 9.41. The van der Waals surface area contributed by atoms with Crippen molar-refractivity contribution in [2.45, 2.75) is 61.4 Å². The van der Waals surface area contributed by atoms with E-state index in [1.54, 1.807) is 72.8 Å². The molecule has 0 radical (unpaired) electrons. The van der Waals surface area contributed by atoms with E-state index in [1.165, 1.54) is 48.5 Å². The van der Waals surface area contributed by atoms with Crippen LogP contribution in [-0.4, -0.2) is 119 Å². The first kappa shape index (κ1) is 39.2. The van der Waals surface area contributed by atoms with Crippen molar-refractivity contribution in [3.63, 3.8) is 0 Å². The fraction of sp³-hybridized carbons (Fsp3) is 0.300. The summed E-state index contributed by atoms with van der Waals surface area (Å²) in [6.07, 6.45) is -17.6. The van der Waals surface area contributed by atoms with Gasteiger partial charge in [-0.05, 0) is 48.5 Å². The van der Waals surface area contributed by atoms with E-state index in [0.29, 0.717) is 0 Å². The monoisotopic (exact) mass is 758 g/mol. The summed E-state index contributed by atoms with van der Waals surface area (Å²) < 4.78 is 40.9. The molecule has 0 amide bonds. The second kappa shape index (κ2) is 18.2. The standard InChI is InChI=1S/C40H38O15/c41-21-27-29(42)30(43)32(39(48)50-27)55-40-34(54-38(47)26-19-11-4-12-20-26)33(53-37(46)25-17-9-3-10-18-25)31(52-36(45)24-15-7-2-8-16-24)28(51-40)22-49-35(44)23-13-5-1-6-14-23/h1-20,27-34,39-43,48H,21-22H2/t27-,28-,29+,30+,31+,32-,33+,34-,39-,40+/m1/s1. The molecule has 2 saturated heterocycles. The van der Waals surface area contributed by atoms with E-state index in [4.69, 9.17) is 33.2 Å². The van der Waals surface area contributed by atoms with Crippen LogP contribution in [0, 0.1) is 0 Å². The molecule has 4 N–H and O–H groups in total. The van der Waals surface area contributed by atoms with Gasteiger partial charge < -0.3 is 53.6 Å². The van der Waals surface area contributed by atoms with E-state index in [-0.39, 0.29) is 22.3 Å². The number of hydrogen-bond acceptors (Lipinski definition) is 15. The van der Waals surface area contributed by atoms with Crippen LogP contribution in [0.3, 0.4) is 0 Å². The highest BCUT2D eigenvalue weighted by Gasteiger charge is 2.56. The van der Waals surface area contributed by atoms with Gasteiger partial charge in [0.15, 0.2) is 30.9 Å². The lowest BCUT2D eigenvalue weighted by Gasteiger charge is -2.47. The van der Waals surface area contributed by atoms with Crippen LogP contribution in [0.25, 0.3) is 0 Å². The first-order valence-electron chi connectivity index (χ1n) is 17.3. The Balaban J connectivity index is 1.42. The predicted octanol–water partition coefficient (Wildman–Crippen LogP) is 2.06. The van der Waals surface area contributed by atoms with Gasteiger partial charge in [0.25, 0.3) is 0 Å². The average Bonchev–Trinajstić information content (AvgIpc) is 3.22. The topological polar surface area (TPSA) is 214 Å². The van der Waals surface area contributed by atoms with Gasteiger partial charge in [0.1, 0.15) is 37.1 Å². The minimum atomic E-state index is -1.97. The molecule has 0 bridgehead atoms. The highest BCUT2D eigenvalue weighted by molar-refractivity contribution is 5.91. The molecule has 15 heteroatoms. The summed E-state index contributed by atoms with van der Waals surface area (Å²) in [5, 5.41) is 42.1. The fourth-order valence-corrected chi connectivity index (χ4v) is 6.01. The third-order valence-corrected chi connectivity index (χ3v) is 8.87. The quantitative estimate of drug-likeness (QED) is 0.120. The molecule has 15 nitrogen and oxygen atoms in total. The summed E-state index contributed by atoms with van der Waals surface area (Å²) >= 11 is 0. The van der Waals surface area contributed by atoms with Gasteiger partial charge in [-0.25, -0.2) is 19.2 Å². The summed E-state index contributed by atoms with van der Waals surface area (Å²) in [5.74, 6) is -3.62. The smallest absolute Gasteiger partial charge is 0.338 e. The van der Waals surface area contributed by atoms with E-state index in [2.05, 4.69) is 0 Å². The molecule has 0 unspecified atom stereocenters. The minimum Gasteiger partial charge on any atom is -0.459 e. The third-order valence-electron chi connectivity index (χ3n) is 8.87. The molecule has 4 aromatic carbocycles. The first-order chi connectivity index (χ1) is 26.6. The molecule has 55 heavy (non-hydrogen) atoms. The number of aliphatic hydroxyl groups is 4. The number of rotatable bonds is 12. The molecule has 0 aliphatic carbocycles. The number of hydrogen-bond donors (Lipinski definition) is 4. The molecule has 4 aromatic rings. The van der Waals surface area contributed by atoms with Gasteiger partial charge >= 0.3 is 23.9 Å². The molecule has 0 saturated carbocycles. The lowest BCUT2D eigenvalue weighted by Crippen LogP contribution is -2.66. The molecule has 10 atom stereocenters. The van der Waals surface area contributed by atoms with Crippen molar-refractivity contribution in [2.75, 3.05) is 13.2 Å². The SMILES string of the molecule is O=C(OC[C@H]1O[C@@H](O[C@@H]2[C@@H](O)[C@@H](O)[C@@H](CO)O[C@H]2O)[C@H](OC(=O)c2ccccc2)[C@@H](OC(=O)c2ccccc2)[C@H]1OC(=O)c1ccccc1)c1ccccc1. The van der Waals surface area contributed by atoms with Crippen LogP contribution in [0.2, 0.25) is 0 Å². The van der Waals surface area contributed by atoms with Gasteiger partial charge in [-0.15, -0.1) is 0 Å². The fourth-order valence-electron chi connectivity index (χ4n) is 6.01. The molecular weight excluding hydrogens is 720 g/mol. The Morgan fingerprint density at radius 2 is 0.909 bits per heavy atom. The van der Waals surface area contributed by atoms with Crippen molar-refractivity contribution in [1.82, 2.24) is 0 Å². The maximum absolute atomic E-state index is 13.8. The zero-order chi connectivity index (χ0) is 38.9. The molecule has 2 aliphatic heterocycles. The molecule has 2 aliphatic rings. The predicted molar refractivity (Wildman–Crippen MR) is 187 cm³/mol. The van der Waals surface area contributed by atoms with Gasteiger partial charge in [-0.2, -0.15) is 0 Å². The van der Waals surface area contributed by atoms with Crippen LogP contribution >= 0.6 is 0 Å². The van der Waals surface area contributed by atoms with Crippen LogP contribution in [-0.2, 0) is 33.2 Å². The van der Waals surface area contributed by atoms with E-state index >= 15 is 0 Å². The maximum Gasteiger partial charge on any atom is 0.338 e. The molecule has 0 aromatic heterocycles. The Labute approximate surface area is 314 Å². The Morgan fingerprint density at radius 1 is 0.491 bits per heavy atom. The van der Waals surface area contributed by atoms with E-state index < -0.39 is 98.5 Å². The Bertz CT molecular complexity index is 1880. The van der Waals surface area contributed by atoms with E-state index in [9.17, 15) is 39.6 Å². The zero-order valence-corrected chi connectivity index (χ0v) is 29.0. The number of carbonyl (C=O) groups is 4. The summed E-state index contributed by atoms with van der Waals surface area (Å²) in [5.41, 5.74) is 0.367. The summed E-state index contributed by atoms with van der Waals surface area (Å²) in [6, 6.07) is 31.2. The van der Waals surface area contributed by atoms with E-state index in [0.717, 1.165) is 0 Å². The number of carbonyl (C=O) groups excluding carboxylic acids is 4. The molecule has 288 valence electrons. The molecule has 2 heterocycles. The Hall–Kier alpha value is -5.52. The molecule has 0 spiro atoms. The second-order valence-electron chi connectivity index (χ2n) is 12.5. The maximum atomic E-state index is 13.8. The summed E-state index contributed by atoms with van der Waals surface area (Å²) in [7, 11) is 0. The van der Waals surface area contributed by atoms with Crippen molar-refractivity contribution in [2.24, 2.45) is 0 Å². The Kier molecular flexibility index (Phi) is 13.0. The van der Waals surface area contributed by atoms with Gasteiger partial charge in [-0.1, -0.05) is 72.8 Å². The average molecular weight is 759 g/mol. The highest BCUT2D eigenvalue weighted by Crippen LogP contribution is 2.34. The molecular formula is C40H38O15. The number of esters is 4. The van der Waals surface area contributed by atoms with Crippen molar-refractivity contribution in [3.8, 4) is 0 Å². The summed E-state index contributed by atoms with van der Waals surface area (Å²) in [6.45, 7) is -1.42. The largest absolute Gasteiger partial charge is 0.459 e. The number of ether oxygens (including phenoxy) is 7. The van der Waals surface area contributed by atoms with Crippen molar-refractivity contribution in [3.05, 3.63) is 144 Å². The van der Waals surface area contributed by atoms with Crippen LogP contribution in [0.4, 0.5) is 0 Å². The van der Waals surface area contributed by atoms with Crippen molar-refractivity contribution < 1.29 is 72.8 Å². The number of aliphatic hydroxyl groups excluding tert-OH is 4. The molecule has 2 fully saturated rings. The van der Waals surface area contributed by atoms with Crippen LogP contribution in [0.1, 0.15) is 41.4 Å². The minimum absolute atomic E-state index is 0.0495. The number of benzene rings is 4. The van der Waals surface area contributed by atoms with Gasteiger partial charge in [0.05, 0.1) is 28.9 Å². The lowest BCUT2D eigenvalue weighted by atomic mass is 9.96. The zero-order valence-electron chi connectivity index (χ0n) is 29.0. The Morgan fingerprint density at radius 3 is 1.36 bits per heavy atom. The lowest BCUT2D eigenvalue weighted by molar-refractivity contribution is -0.360. The normalized spacial score (nSPS) is 27.6. The van der Waals surface area contributed by atoms with Crippen molar-refractivity contribution in [1.29, 1.82) is 0 Å². The van der Waals surface area contributed by atoms with E-state index in [1.807, 2.05) is 0 Å².